The number of nitrogens with zero attached hydrogens (tertiary/aromatic N) is 1. The highest BCUT2D eigenvalue weighted by molar-refractivity contribution is 5.88. The van der Waals surface area contributed by atoms with Gasteiger partial charge in [0.25, 0.3) is 5.91 Å². The third-order valence-corrected chi connectivity index (χ3v) is 4.53. The van der Waals surface area contributed by atoms with Crippen LogP contribution in [0.15, 0.2) is 48.5 Å². The van der Waals surface area contributed by atoms with E-state index in [0.29, 0.717) is 24.5 Å². The largest absolute Gasteiger partial charge is 0.497 e. The van der Waals surface area contributed by atoms with Gasteiger partial charge in [-0.25, -0.2) is 0 Å². The minimum atomic E-state index is -0.557. The number of methoxy groups -OCH3 is 1. The number of carbonyl (C=O) groups is 2. The Kier molecular flexibility index (Phi) is 7.87. The van der Waals surface area contributed by atoms with Gasteiger partial charge in [0.1, 0.15) is 17.5 Å². The lowest BCUT2D eigenvalue weighted by atomic mass is 10.1. The summed E-state index contributed by atoms with van der Waals surface area (Å²) in [5.41, 5.74) is 2.11. The van der Waals surface area contributed by atoms with Crippen LogP contribution in [0.1, 0.15) is 24.5 Å². The molecule has 2 amide bonds. The van der Waals surface area contributed by atoms with Crippen LogP contribution in [0.25, 0.3) is 0 Å². The van der Waals surface area contributed by atoms with Crippen molar-refractivity contribution in [1.29, 1.82) is 0 Å². The standard InChI is InChI=1S/C22H28N2O4/c1-5-20(22(26)23-3)24(14-17-8-6-16(2)7-9-17)21(25)15-28-19-12-10-18(27-4)11-13-19/h6-13,20H,5,14-15H2,1-4H3,(H,23,26)/t20-/m0/s1. The van der Waals surface area contributed by atoms with E-state index >= 15 is 0 Å². The summed E-state index contributed by atoms with van der Waals surface area (Å²) in [7, 11) is 3.17. The number of benzene rings is 2. The molecule has 0 bridgehead atoms. The number of hydrogen-bond acceptors (Lipinski definition) is 4. The summed E-state index contributed by atoms with van der Waals surface area (Å²) < 4.78 is 10.8. The number of ether oxygens (including phenoxy) is 2. The monoisotopic (exact) mass is 384 g/mol. The van der Waals surface area contributed by atoms with Crippen molar-refractivity contribution < 1.29 is 19.1 Å². The smallest absolute Gasteiger partial charge is 0.261 e. The number of hydrogen-bond donors (Lipinski definition) is 1. The third kappa shape index (κ3) is 5.74. The minimum absolute atomic E-state index is 0.147. The zero-order valence-corrected chi connectivity index (χ0v) is 16.9. The van der Waals surface area contributed by atoms with Gasteiger partial charge in [-0.3, -0.25) is 9.59 Å². The molecule has 0 aliphatic heterocycles. The maximum atomic E-state index is 12.9. The van der Waals surface area contributed by atoms with Crippen molar-refractivity contribution in [3.8, 4) is 11.5 Å². The minimum Gasteiger partial charge on any atom is -0.497 e. The maximum Gasteiger partial charge on any atom is 0.261 e. The number of carbonyl (C=O) groups excluding carboxylic acids is 2. The molecule has 0 spiro atoms. The summed E-state index contributed by atoms with van der Waals surface area (Å²) in [5, 5.41) is 2.65. The molecule has 6 heteroatoms. The number of aryl methyl sites for hydroxylation is 1. The fourth-order valence-electron chi connectivity index (χ4n) is 2.88. The van der Waals surface area contributed by atoms with E-state index in [1.54, 1.807) is 43.3 Å². The Bertz CT molecular complexity index is 772. The van der Waals surface area contributed by atoms with Crippen LogP contribution < -0.4 is 14.8 Å². The van der Waals surface area contributed by atoms with E-state index in [1.165, 1.54) is 0 Å². The molecule has 150 valence electrons. The normalized spacial score (nSPS) is 11.4. The zero-order valence-electron chi connectivity index (χ0n) is 16.9. The van der Waals surface area contributed by atoms with Crippen LogP contribution in [-0.4, -0.2) is 43.5 Å². The van der Waals surface area contributed by atoms with Crippen LogP contribution in [-0.2, 0) is 16.1 Å². The van der Waals surface area contributed by atoms with Crippen LogP contribution in [0.2, 0.25) is 0 Å². The predicted octanol–water partition coefficient (Wildman–Crippen LogP) is 2.94. The van der Waals surface area contributed by atoms with Crippen molar-refractivity contribution >= 4 is 11.8 Å². The molecule has 1 atom stereocenters. The van der Waals surface area contributed by atoms with E-state index < -0.39 is 6.04 Å². The van der Waals surface area contributed by atoms with E-state index in [4.69, 9.17) is 9.47 Å². The number of amides is 2. The van der Waals surface area contributed by atoms with Gasteiger partial charge in [0, 0.05) is 13.6 Å². The molecule has 1 N–H and O–H groups in total. The van der Waals surface area contributed by atoms with Crippen LogP contribution in [0.4, 0.5) is 0 Å². The molecule has 2 aromatic carbocycles. The molecule has 0 heterocycles. The quantitative estimate of drug-likeness (QED) is 0.722. The summed E-state index contributed by atoms with van der Waals surface area (Å²) in [4.78, 5) is 26.8. The summed E-state index contributed by atoms with van der Waals surface area (Å²) in [6.07, 6.45) is 0.514. The lowest BCUT2D eigenvalue weighted by Gasteiger charge is -2.30. The van der Waals surface area contributed by atoms with Crippen molar-refractivity contribution in [1.82, 2.24) is 10.2 Å². The van der Waals surface area contributed by atoms with Gasteiger partial charge in [-0.2, -0.15) is 0 Å². The van der Waals surface area contributed by atoms with E-state index in [0.717, 1.165) is 11.1 Å². The molecule has 0 aromatic heterocycles. The molecule has 0 radical (unpaired) electrons. The Morgan fingerprint density at radius 1 is 1.04 bits per heavy atom. The summed E-state index contributed by atoms with van der Waals surface area (Å²) in [6.45, 7) is 4.09. The molecule has 0 saturated heterocycles. The van der Waals surface area contributed by atoms with Gasteiger partial charge in [0.05, 0.1) is 7.11 Å². The molecule has 0 aliphatic rings. The van der Waals surface area contributed by atoms with E-state index in [9.17, 15) is 9.59 Å². The Morgan fingerprint density at radius 3 is 2.18 bits per heavy atom. The van der Waals surface area contributed by atoms with Crippen LogP contribution in [0.3, 0.4) is 0 Å². The lowest BCUT2D eigenvalue weighted by Crippen LogP contribution is -2.49. The van der Waals surface area contributed by atoms with Crippen LogP contribution >= 0.6 is 0 Å². The van der Waals surface area contributed by atoms with Gasteiger partial charge < -0.3 is 19.7 Å². The number of likely N-dealkylation sites (N-methyl/N-ethyl adjacent to an activating group) is 1. The molecule has 2 rings (SSSR count). The topological polar surface area (TPSA) is 67.9 Å². The van der Waals surface area contributed by atoms with Crippen LogP contribution in [0.5, 0.6) is 11.5 Å². The SMILES string of the molecule is CC[C@@H](C(=O)NC)N(Cc1ccc(C)cc1)C(=O)COc1ccc(OC)cc1. The highest BCUT2D eigenvalue weighted by Crippen LogP contribution is 2.18. The molecule has 28 heavy (non-hydrogen) atoms. The van der Waals surface area contributed by atoms with Gasteiger partial charge in [0.15, 0.2) is 6.61 Å². The van der Waals surface area contributed by atoms with Gasteiger partial charge >= 0.3 is 0 Å². The second-order valence-corrected chi connectivity index (χ2v) is 6.51. The summed E-state index contributed by atoms with van der Waals surface area (Å²) in [5.74, 6) is 0.849. The second-order valence-electron chi connectivity index (χ2n) is 6.51. The van der Waals surface area contributed by atoms with Crippen LogP contribution in [0, 0.1) is 6.92 Å². The highest BCUT2D eigenvalue weighted by Gasteiger charge is 2.28. The molecule has 6 nitrogen and oxygen atoms in total. The Hall–Kier alpha value is -3.02. The molecule has 0 saturated carbocycles. The first-order valence-electron chi connectivity index (χ1n) is 9.32. The van der Waals surface area contributed by atoms with E-state index in [-0.39, 0.29) is 18.4 Å². The van der Waals surface area contributed by atoms with Crippen molar-refractivity contribution in [3.63, 3.8) is 0 Å². The maximum absolute atomic E-state index is 12.9. The number of nitrogens with one attached hydrogen (secondary N) is 1. The molecule has 0 unspecified atom stereocenters. The molecule has 0 aliphatic carbocycles. The van der Waals surface area contributed by atoms with E-state index in [1.807, 2.05) is 38.1 Å². The van der Waals surface area contributed by atoms with Crippen molar-refractivity contribution in [2.45, 2.75) is 32.9 Å². The highest BCUT2D eigenvalue weighted by atomic mass is 16.5. The first-order valence-corrected chi connectivity index (χ1v) is 9.32. The van der Waals surface area contributed by atoms with E-state index in [2.05, 4.69) is 5.32 Å². The molecular formula is C22H28N2O4. The number of rotatable bonds is 9. The van der Waals surface area contributed by atoms with Gasteiger partial charge in [-0.15, -0.1) is 0 Å². The second kappa shape index (κ2) is 10.3. The van der Waals surface area contributed by atoms with Gasteiger partial charge in [0.2, 0.25) is 5.91 Å². The Morgan fingerprint density at radius 2 is 1.64 bits per heavy atom. The molecule has 0 fully saturated rings. The fourth-order valence-corrected chi connectivity index (χ4v) is 2.88. The third-order valence-electron chi connectivity index (χ3n) is 4.53. The van der Waals surface area contributed by atoms with Gasteiger partial charge in [-0.1, -0.05) is 36.8 Å². The van der Waals surface area contributed by atoms with Crippen molar-refractivity contribution in [2.75, 3.05) is 20.8 Å². The fraction of sp³-hybridized carbons (Fsp3) is 0.364. The molecular weight excluding hydrogens is 356 g/mol. The first kappa shape index (κ1) is 21.3. The summed E-state index contributed by atoms with van der Waals surface area (Å²) >= 11 is 0. The van der Waals surface area contributed by atoms with Crippen molar-refractivity contribution in [3.05, 3.63) is 59.7 Å². The Balaban J connectivity index is 2.14. The predicted molar refractivity (Wildman–Crippen MR) is 108 cm³/mol. The summed E-state index contributed by atoms with van der Waals surface area (Å²) in [6, 6.07) is 14.4. The van der Waals surface area contributed by atoms with Gasteiger partial charge in [-0.05, 0) is 43.2 Å². The first-order chi connectivity index (χ1) is 13.5. The average molecular weight is 384 g/mol. The Labute approximate surface area is 166 Å². The lowest BCUT2D eigenvalue weighted by molar-refractivity contribution is -0.142. The molecule has 2 aromatic rings. The average Bonchev–Trinajstić information content (AvgIpc) is 2.73. The van der Waals surface area contributed by atoms with Crippen molar-refractivity contribution in [2.24, 2.45) is 0 Å². The zero-order chi connectivity index (χ0) is 20.5.